The molecule has 1 heterocycles. The van der Waals surface area contributed by atoms with Gasteiger partial charge in [-0.1, -0.05) is 25.8 Å². The Balaban J connectivity index is 1.94. The molecule has 21 heavy (non-hydrogen) atoms. The van der Waals surface area contributed by atoms with E-state index in [0.717, 1.165) is 28.8 Å². The van der Waals surface area contributed by atoms with E-state index in [4.69, 9.17) is 9.84 Å². The summed E-state index contributed by atoms with van der Waals surface area (Å²) in [5.41, 5.74) is 1.07. The van der Waals surface area contributed by atoms with Crippen molar-refractivity contribution in [1.29, 1.82) is 0 Å². The Morgan fingerprint density at radius 3 is 2.95 bits per heavy atom. The number of carboxylic acids is 1. The quantitative estimate of drug-likeness (QED) is 0.711. The van der Waals surface area contributed by atoms with E-state index in [0.29, 0.717) is 5.75 Å². The highest BCUT2D eigenvalue weighted by atomic mass is 79.9. The zero-order chi connectivity index (χ0) is 15.2. The molecule has 1 aliphatic rings. The Hall–Kier alpha value is -0.720. The largest absolute Gasteiger partial charge is 0.492 e. The van der Waals surface area contributed by atoms with Crippen LogP contribution in [0.4, 0.5) is 0 Å². The van der Waals surface area contributed by atoms with Gasteiger partial charge in [-0.05, 0) is 40.0 Å². The van der Waals surface area contributed by atoms with Crippen molar-refractivity contribution in [2.45, 2.75) is 37.6 Å². The zero-order valence-electron chi connectivity index (χ0n) is 12.0. The number of nitrogens with one attached hydrogen (secondary N) is 1. The van der Waals surface area contributed by atoms with Crippen LogP contribution < -0.4 is 10.1 Å². The summed E-state index contributed by atoms with van der Waals surface area (Å²) in [7, 11) is 0. The molecule has 1 saturated heterocycles. The maximum Gasteiger partial charge on any atom is 0.321 e. The molecule has 1 aliphatic heterocycles. The van der Waals surface area contributed by atoms with Gasteiger partial charge >= 0.3 is 5.97 Å². The minimum Gasteiger partial charge on any atom is -0.492 e. The Morgan fingerprint density at radius 2 is 2.33 bits per heavy atom. The van der Waals surface area contributed by atoms with E-state index in [9.17, 15) is 4.79 Å². The smallest absolute Gasteiger partial charge is 0.321 e. The van der Waals surface area contributed by atoms with Gasteiger partial charge in [0.25, 0.3) is 0 Å². The fourth-order valence-electron chi connectivity index (χ4n) is 2.14. The van der Waals surface area contributed by atoms with Crippen molar-refractivity contribution in [2.24, 2.45) is 0 Å². The van der Waals surface area contributed by atoms with Crippen molar-refractivity contribution < 1.29 is 14.6 Å². The molecule has 2 unspecified atom stereocenters. The lowest BCUT2D eigenvalue weighted by molar-refractivity contribution is -0.138. The van der Waals surface area contributed by atoms with Crippen molar-refractivity contribution in [3.05, 3.63) is 28.2 Å². The molecule has 2 N–H and O–H groups in total. The van der Waals surface area contributed by atoms with E-state index in [-0.39, 0.29) is 5.37 Å². The third-order valence-corrected chi connectivity index (χ3v) is 5.23. The number of carbonyl (C=O) groups is 1. The van der Waals surface area contributed by atoms with Crippen molar-refractivity contribution in [3.8, 4) is 5.75 Å². The van der Waals surface area contributed by atoms with E-state index in [2.05, 4.69) is 28.2 Å². The van der Waals surface area contributed by atoms with E-state index in [1.165, 1.54) is 12.8 Å². The predicted molar refractivity (Wildman–Crippen MR) is 88.9 cm³/mol. The van der Waals surface area contributed by atoms with Crippen molar-refractivity contribution in [3.63, 3.8) is 0 Å². The van der Waals surface area contributed by atoms with Crippen LogP contribution in [0.1, 0.15) is 37.1 Å². The van der Waals surface area contributed by atoms with Crippen molar-refractivity contribution in [1.82, 2.24) is 5.32 Å². The number of ether oxygens (including phenoxy) is 1. The lowest BCUT2D eigenvalue weighted by atomic mass is 10.2. The van der Waals surface area contributed by atoms with E-state index in [1.54, 1.807) is 11.8 Å². The minimum atomic E-state index is -0.792. The molecule has 0 aliphatic carbocycles. The first-order valence-electron chi connectivity index (χ1n) is 7.14. The Kier molecular flexibility index (Phi) is 6.39. The SMILES string of the molecule is CCCCCOc1ccc(C2NC(C(=O)O)CS2)cc1Br. The van der Waals surface area contributed by atoms with Crippen LogP contribution in [0.3, 0.4) is 0 Å². The summed E-state index contributed by atoms with van der Waals surface area (Å²) in [4.78, 5) is 11.0. The lowest BCUT2D eigenvalue weighted by Crippen LogP contribution is -2.33. The monoisotopic (exact) mass is 373 g/mol. The van der Waals surface area contributed by atoms with Gasteiger partial charge in [-0.2, -0.15) is 0 Å². The summed E-state index contributed by atoms with van der Waals surface area (Å²) < 4.78 is 6.66. The standard InChI is InChI=1S/C15H20BrNO3S/c1-2-3-4-7-20-13-6-5-10(8-11(13)16)14-17-12(9-21-14)15(18)19/h5-6,8,12,14,17H,2-4,7,9H2,1H3,(H,18,19). The molecule has 0 radical (unpaired) electrons. The van der Waals surface area contributed by atoms with Crippen LogP contribution in [0.25, 0.3) is 0 Å². The summed E-state index contributed by atoms with van der Waals surface area (Å²) in [6.07, 6.45) is 3.42. The number of benzene rings is 1. The van der Waals surface area contributed by atoms with Crippen molar-refractivity contribution >= 4 is 33.7 Å². The van der Waals surface area contributed by atoms with Gasteiger partial charge in [-0.25, -0.2) is 0 Å². The van der Waals surface area contributed by atoms with Gasteiger partial charge < -0.3 is 9.84 Å². The van der Waals surface area contributed by atoms with Crippen LogP contribution in [0.15, 0.2) is 22.7 Å². The number of hydrogen-bond donors (Lipinski definition) is 2. The van der Waals surface area contributed by atoms with Gasteiger partial charge in [-0.3, -0.25) is 10.1 Å². The number of hydrogen-bond acceptors (Lipinski definition) is 4. The fraction of sp³-hybridized carbons (Fsp3) is 0.533. The number of aliphatic carboxylic acids is 1. The maximum absolute atomic E-state index is 11.0. The first-order valence-corrected chi connectivity index (χ1v) is 8.98. The first-order chi connectivity index (χ1) is 10.1. The molecule has 0 bridgehead atoms. The van der Waals surface area contributed by atoms with Crippen LogP contribution in [0.2, 0.25) is 0 Å². The summed E-state index contributed by atoms with van der Waals surface area (Å²) >= 11 is 5.15. The molecular formula is C15H20BrNO3S. The summed E-state index contributed by atoms with van der Waals surface area (Å²) in [6.45, 7) is 2.89. The highest BCUT2D eigenvalue weighted by Gasteiger charge is 2.30. The van der Waals surface area contributed by atoms with Gasteiger partial charge in [0.2, 0.25) is 0 Å². The number of unbranched alkanes of at least 4 members (excludes halogenated alkanes) is 2. The normalized spacial score (nSPS) is 21.4. The molecular weight excluding hydrogens is 354 g/mol. The predicted octanol–water partition coefficient (Wildman–Crippen LogP) is 3.81. The maximum atomic E-state index is 11.0. The Morgan fingerprint density at radius 1 is 1.52 bits per heavy atom. The minimum absolute atomic E-state index is 0.0246. The molecule has 1 fully saturated rings. The third kappa shape index (κ3) is 4.63. The Labute approximate surface area is 137 Å². The van der Waals surface area contributed by atoms with E-state index in [1.807, 2.05) is 18.2 Å². The molecule has 1 aromatic carbocycles. The first kappa shape index (κ1) is 16.6. The Bertz CT molecular complexity index is 498. The summed E-state index contributed by atoms with van der Waals surface area (Å²) in [5, 5.41) is 12.2. The van der Waals surface area contributed by atoms with Gasteiger partial charge in [0.1, 0.15) is 11.8 Å². The fourth-order valence-corrected chi connectivity index (χ4v) is 3.87. The molecule has 0 aromatic heterocycles. The van der Waals surface area contributed by atoms with Gasteiger partial charge in [0, 0.05) is 5.75 Å². The number of thioether (sulfide) groups is 1. The second-order valence-corrected chi connectivity index (χ2v) is 7.01. The van der Waals surface area contributed by atoms with E-state index < -0.39 is 12.0 Å². The molecule has 2 rings (SSSR count). The van der Waals surface area contributed by atoms with Crippen LogP contribution in [0, 0.1) is 0 Å². The highest BCUT2D eigenvalue weighted by molar-refractivity contribution is 9.10. The zero-order valence-corrected chi connectivity index (χ0v) is 14.4. The number of carboxylic acid groups (broad SMARTS) is 1. The molecule has 0 saturated carbocycles. The molecule has 6 heteroatoms. The number of halogens is 1. The molecule has 0 spiro atoms. The third-order valence-electron chi connectivity index (χ3n) is 3.34. The van der Waals surface area contributed by atoms with E-state index >= 15 is 0 Å². The molecule has 0 amide bonds. The summed E-state index contributed by atoms with van der Waals surface area (Å²) in [6, 6.07) is 5.48. The molecule has 1 aromatic rings. The van der Waals surface area contributed by atoms with Gasteiger partial charge in [-0.15, -0.1) is 11.8 Å². The summed E-state index contributed by atoms with van der Waals surface area (Å²) in [5.74, 6) is 0.639. The van der Waals surface area contributed by atoms with Crippen LogP contribution in [-0.2, 0) is 4.79 Å². The molecule has 116 valence electrons. The lowest BCUT2D eigenvalue weighted by Gasteiger charge is -2.14. The highest BCUT2D eigenvalue weighted by Crippen LogP contribution is 2.36. The molecule has 2 atom stereocenters. The van der Waals surface area contributed by atoms with Crippen LogP contribution in [0.5, 0.6) is 5.75 Å². The van der Waals surface area contributed by atoms with Gasteiger partial charge in [0.05, 0.1) is 16.5 Å². The van der Waals surface area contributed by atoms with Crippen LogP contribution >= 0.6 is 27.7 Å². The average molecular weight is 374 g/mol. The average Bonchev–Trinajstić information content (AvgIpc) is 2.95. The van der Waals surface area contributed by atoms with Gasteiger partial charge in [0.15, 0.2) is 0 Å². The van der Waals surface area contributed by atoms with Crippen LogP contribution in [-0.4, -0.2) is 29.5 Å². The second-order valence-electron chi connectivity index (χ2n) is 5.02. The second kappa shape index (κ2) is 8.06. The number of rotatable bonds is 7. The topological polar surface area (TPSA) is 58.6 Å². The molecule has 4 nitrogen and oxygen atoms in total. The van der Waals surface area contributed by atoms with Crippen molar-refractivity contribution in [2.75, 3.05) is 12.4 Å².